The number of hydrogen-bond acceptors (Lipinski definition) is 3. The summed E-state index contributed by atoms with van der Waals surface area (Å²) in [5, 5.41) is 4.58. The summed E-state index contributed by atoms with van der Waals surface area (Å²) in [6.07, 6.45) is 6.82. The molecule has 0 unspecified atom stereocenters. The number of rotatable bonds is 5. The zero-order chi connectivity index (χ0) is 13.8. The summed E-state index contributed by atoms with van der Waals surface area (Å²) in [6, 6.07) is 0. The van der Waals surface area contributed by atoms with E-state index in [1.54, 1.807) is 12.3 Å². The second-order valence-electron chi connectivity index (χ2n) is 4.21. The van der Waals surface area contributed by atoms with Crippen LogP contribution in [0.5, 0.6) is 0 Å². The van der Waals surface area contributed by atoms with Crippen LogP contribution in [0.3, 0.4) is 0 Å². The van der Waals surface area contributed by atoms with E-state index in [0.29, 0.717) is 12.8 Å². The van der Waals surface area contributed by atoms with Crippen molar-refractivity contribution in [2.24, 2.45) is 0 Å². The second kappa shape index (κ2) is 5.87. The van der Waals surface area contributed by atoms with E-state index < -0.39 is 5.54 Å². The first-order valence-corrected chi connectivity index (χ1v) is 6.79. The Labute approximate surface area is 111 Å². The van der Waals surface area contributed by atoms with E-state index in [9.17, 15) is 9.59 Å². The molecule has 0 saturated heterocycles. The lowest BCUT2D eigenvalue weighted by Crippen LogP contribution is -2.48. The molecule has 1 aromatic rings. The normalized spacial score (nSPS) is 11.0. The van der Waals surface area contributed by atoms with Crippen molar-refractivity contribution in [3.05, 3.63) is 20.7 Å². The third-order valence-corrected chi connectivity index (χ3v) is 4.02. The maximum absolute atomic E-state index is 11.9. The number of carbonyl (C=O) groups is 1. The van der Waals surface area contributed by atoms with Gasteiger partial charge in [-0.1, -0.05) is 31.1 Å². The van der Waals surface area contributed by atoms with Gasteiger partial charge in [0.05, 0.1) is 0 Å². The monoisotopic (exact) mass is 266 g/mol. The van der Waals surface area contributed by atoms with Gasteiger partial charge in [0.25, 0.3) is 0 Å². The highest BCUT2D eigenvalue weighted by Gasteiger charge is 2.25. The highest BCUT2D eigenvalue weighted by molar-refractivity contribution is 7.07. The summed E-state index contributed by atoms with van der Waals surface area (Å²) in [5.74, 6) is 2.42. The van der Waals surface area contributed by atoms with Gasteiger partial charge >= 0.3 is 4.87 Å². The molecule has 0 radical (unpaired) electrons. The van der Waals surface area contributed by atoms with E-state index in [0.717, 1.165) is 17.0 Å². The predicted octanol–water partition coefficient (Wildman–Crippen LogP) is 1.53. The molecule has 4 nitrogen and oxygen atoms in total. The number of thiazole rings is 1. The largest absolute Gasteiger partial charge is 0.338 e. The van der Waals surface area contributed by atoms with Crippen LogP contribution in [0.4, 0.5) is 0 Å². The van der Waals surface area contributed by atoms with Gasteiger partial charge in [0.1, 0.15) is 12.1 Å². The van der Waals surface area contributed by atoms with Gasteiger partial charge in [0.2, 0.25) is 5.91 Å². The summed E-state index contributed by atoms with van der Waals surface area (Å²) in [6.45, 7) is 5.70. The highest BCUT2D eigenvalue weighted by Crippen LogP contribution is 2.13. The molecule has 0 aromatic carbocycles. The fourth-order valence-corrected chi connectivity index (χ4v) is 2.45. The van der Waals surface area contributed by atoms with Gasteiger partial charge in [0.15, 0.2) is 0 Å². The molecule has 98 valence electrons. The first-order chi connectivity index (χ1) is 8.48. The van der Waals surface area contributed by atoms with Crippen molar-refractivity contribution >= 4 is 17.2 Å². The smallest absolute Gasteiger partial charge is 0.307 e. The second-order valence-corrected chi connectivity index (χ2v) is 5.03. The standard InChI is InChI=1S/C13H18N2O2S/c1-5-13(6-2,7-3)14-11(16)8-15-10(4)9-18-12(15)17/h1,9H,6-8H2,2-4H3,(H,14,16). The topological polar surface area (TPSA) is 51.1 Å². The molecule has 0 aliphatic carbocycles. The van der Waals surface area contributed by atoms with Crippen LogP contribution >= 0.6 is 11.3 Å². The van der Waals surface area contributed by atoms with Gasteiger partial charge in [0, 0.05) is 11.1 Å². The Balaban J connectivity index is 2.80. The third kappa shape index (κ3) is 3.02. The highest BCUT2D eigenvalue weighted by atomic mass is 32.1. The van der Waals surface area contributed by atoms with Crippen LogP contribution in [-0.4, -0.2) is 16.0 Å². The lowest BCUT2D eigenvalue weighted by Gasteiger charge is -2.27. The van der Waals surface area contributed by atoms with Gasteiger partial charge in [-0.15, -0.1) is 6.42 Å². The molecule has 1 heterocycles. The Morgan fingerprint density at radius 2 is 2.17 bits per heavy atom. The summed E-state index contributed by atoms with van der Waals surface area (Å²) in [4.78, 5) is 23.3. The fraction of sp³-hybridized carbons (Fsp3) is 0.538. The minimum absolute atomic E-state index is 0.0254. The average molecular weight is 266 g/mol. The van der Waals surface area contributed by atoms with Crippen LogP contribution in [-0.2, 0) is 11.3 Å². The summed E-state index contributed by atoms with van der Waals surface area (Å²) >= 11 is 1.10. The summed E-state index contributed by atoms with van der Waals surface area (Å²) in [5.41, 5.74) is 0.185. The zero-order valence-corrected chi connectivity index (χ0v) is 11.8. The van der Waals surface area contributed by atoms with Crippen LogP contribution in [0.25, 0.3) is 0 Å². The number of terminal acetylenes is 1. The van der Waals surface area contributed by atoms with Crippen LogP contribution in [0.15, 0.2) is 10.2 Å². The molecule has 0 bridgehead atoms. The van der Waals surface area contributed by atoms with E-state index in [-0.39, 0.29) is 17.3 Å². The van der Waals surface area contributed by atoms with E-state index in [1.165, 1.54) is 4.57 Å². The van der Waals surface area contributed by atoms with Crippen molar-refractivity contribution in [3.63, 3.8) is 0 Å². The molecule has 1 N–H and O–H groups in total. The molecule has 0 atom stereocenters. The first kappa shape index (κ1) is 14.5. The molecule has 5 heteroatoms. The van der Waals surface area contributed by atoms with Crippen molar-refractivity contribution in [1.82, 2.24) is 9.88 Å². The molecular formula is C13H18N2O2S. The minimum Gasteiger partial charge on any atom is -0.338 e. The molecule has 0 fully saturated rings. The van der Waals surface area contributed by atoms with Gasteiger partial charge in [-0.3, -0.25) is 14.2 Å². The SMILES string of the molecule is C#CC(CC)(CC)NC(=O)Cn1c(C)csc1=O. The Morgan fingerprint density at radius 1 is 1.56 bits per heavy atom. The van der Waals surface area contributed by atoms with Gasteiger partial charge < -0.3 is 5.32 Å². The van der Waals surface area contributed by atoms with Crippen LogP contribution in [0, 0.1) is 19.3 Å². The lowest BCUT2D eigenvalue weighted by atomic mass is 9.94. The molecule has 0 spiro atoms. The Bertz CT molecular complexity index is 518. The van der Waals surface area contributed by atoms with Gasteiger partial charge in [-0.25, -0.2) is 0 Å². The maximum Gasteiger partial charge on any atom is 0.307 e. The number of aromatic nitrogens is 1. The van der Waals surface area contributed by atoms with Crippen molar-refractivity contribution < 1.29 is 4.79 Å². The van der Waals surface area contributed by atoms with E-state index in [2.05, 4.69) is 11.2 Å². The zero-order valence-electron chi connectivity index (χ0n) is 10.9. The molecule has 1 amide bonds. The Kier molecular flexibility index (Phi) is 4.74. The fourth-order valence-electron chi connectivity index (χ4n) is 1.71. The van der Waals surface area contributed by atoms with Crippen molar-refractivity contribution in [2.45, 2.75) is 45.7 Å². The molecule has 0 saturated carbocycles. The summed E-state index contributed by atoms with van der Waals surface area (Å²) < 4.78 is 1.45. The number of nitrogens with zero attached hydrogens (tertiary/aromatic N) is 1. The molecular weight excluding hydrogens is 248 g/mol. The van der Waals surface area contributed by atoms with Crippen LogP contribution in [0.2, 0.25) is 0 Å². The Morgan fingerprint density at radius 3 is 2.56 bits per heavy atom. The maximum atomic E-state index is 11.9. The molecule has 18 heavy (non-hydrogen) atoms. The van der Waals surface area contributed by atoms with Gasteiger partial charge in [-0.2, -0.15) is 0 Å². The van der Waals surface area contributed by atoms with E-state index >= 15 is 0 Å². The first-order valence-electron chi connectivity index (χ1n) is 5.91. The number of carbonyl (C=O) groups excluding carboxylic acids is 1. The molecule has 0 aliphatic rings. The predicted molar refractivity (Wildman–Crippen MR) is 73.6 cm³/mol. The summed E-state index contributed by atoms with van der Waals surface area (Å²) in [7, 11) is 0. The lowest BCUT2D eigenvalue weighted by molar-refractivity contribution is -0.123. The van der Waals surface area contributed by atoms with Crippen molar-refractivity contribution in [1.29, 1.82) is 0 Å². The molecule has 1 aromatic heterocycles. The molecule has 0 aliphatic heterocycles. The quantitative estimate of drug-likeness (QED) is 0.822. The Hall–Kier alpha value is -1.54. The van der Waals surface area contributed by atoms with Crippen LogP contribution < -0.4 is 10.2 Å². The minimum atomic E-state index is -0.607. The molecule has 1 rings (SSSR count). The average Bonchev–Trinajstić information content (AvgIpc) is 2.68. The van der Waals surface area contributed by atoms with Crippen molar-refractivity contribution in [2.75, 3.05) is 0 Å². The van der Waals surface area contributed by atoms with E-state index in [1.807, 2.05) is 13.8 Å². The van der Waals surface area contributed by atoms with Gasteiger partial charge in [-0.05, 0) is 19.8 Å². The number of amides is 1. The number of hydrogen-bond donors (Lipinski definition) is 1. The third-order valence-electron chi connectivity index (χ3n) is 3.14. The number of aryl methyl sites for hydroxylation is 1. The van der Waals surface area contributed by atoms with Crippen LogP contribution in [0.1, 0.15) is 32.4 Å². The van der Waals surface area contributed by atoms with E-state index in [4.69, 9.17) is 6.42 Å². The number of nitrogens with one attached hydrogen (secondary N) is 1. The van der Waals surface area contributed by atoms with Crippen molar-refractivity contribution in [3.8, 4) is 12.3 Å².